The van der Waals surface area contributed by atoms with Gasteiger partial charge in [0.1, 0.15) is 0 Å². The van der Waals surface area contributed by atoms with Crippen LogP contribution in [0.5, 0.6) is 0 Å². The first-order chi connectivity index (χ1) is 8.46. The first-order valence-corrected chi connectivity index (χ1v) is 6.66. The molecule has 0 bridgehead atoms. The van der Waals surface area contributed by atoms with Crippen LogP contribution in [0, 0.1) is 23.7 Å². The van der Waals surface area contributed by atoms with Crippen molar-refractivity contribution in [3.63, 3.8) is 0 Å². The van der Waals surface area contributed by atoms with Gasteiger partial charge in [-0.25, -0.2) is 0 Å². The zero-order valence-electron chi connectivity index (χ0n) is 12.0. The predicted molar refractivity (Wildman–Crippen MR) is 76.2 cm³/mol. The standard InChI is InChI=1S/C16H24N2/c1-13-8-5-6-9-15(13)14(2)18-11-7-10-16(3,4)12-17/h5-6,8-9,14,18H,7,10-11H2,1-4H3/t14-/m0/s1. The molecule has 1 rings (SSSR count). The third-order valence-corrected chi connectivity index (χ3v) is 3.39. The van der Waals surface area contributed by atoms with E-state index in [4.69, 9.17) is 5.26 Å². The fourth-order valence-corrected chi connectivity index (χ4v) is 2.09. The lowest BCUT2D eigenvalue weighted by molar-refractivity contribution is 0.417. The first-order valence-electron chi connectivity index (χ1n) is 6.66. The third-order valence-electron chi connectivity index (χ3n) is 3.39. The van der Waals surface area contributed by atoms with Gasteiger partial charge in [0.05, 0.1) is 11.5 Å². The van der Waals surface area contributed by atoms with Gasteiger partial charge in [0.15, 0.2) is 0 Å². The molecule has 2 nitrogen and oxygen atoms in total. The van der Waals surface area contributed by atoms with Gasteiger partial charge in [0.25, 0.3) is 0 Å². The molecule has 0 aliphatic heterocycles. The molecule has 0 fully saturated rings. The molecule has 1 aromatic rings. The molecule has 0 radical (unpaired) electrons. The van der Waals surface area contributed by atoms with E-state index in [1.54, 1.807) is 0 Å². The Morgan fingerprint density at radius 3 is 2.61 bits per heavy atom. The first kappa shape index (κ1) is 14.7. The zero-order chi connectivity index (χ0) is 13.6. The minimum atomic E-state index is -0.201. The molecule has 0 aliphatic rings. The van der Waals surface area contributed by atoms with Crippen LogP contribution in [0.3, 0.4) is 0 Å². The topological polar surface area (TPSA) is 35.8 Å². The second-order valence-corrected chi connectivity index (χ2v) is 5.63. The number of aryl methyl sites for hydroxylation is 1. The van der Waals surface area contributed by atoms with Crippen LogP contribution in [0.1, 0.15) is 50.8 Å². The van der Waals surface area contributed by atoms with Gasteiger partial charge in [-0.15, -0.1) is 0 Å². The molecule has 0 saturated heterocycles. The van der Waals surface area contributed by atoms with Crippen molar-refractivity contribution in [1.29, 1.82) is 5.26 Å². The average Bonchev–Trinajstić information content (AvgIpc) is 2.35. The second-order valence-electron chi connectivity index (χ2n) is 5.63. The Balaban J connectivity index is 2.37. The van der Waals surface area contributed by atoms with Gasteiger partial charge in [-0.2, -0.15) is 5.26 Å². The van der Waals surface area contributed by atoms with Gasteiger partial charge in [0.2, 0.25) is 0 Å². The van der Waals surface area contributed by atoms with Crippen LogP contribution < -0.4 is 5.32 Å². The molecule has 0 heterocycles. The molecule has 0 unspecified atom stereocenters. The molecule has 2 heteroatoms. The SMILES string of the molecule is Cc1ccccc1[C@H](C)NCCCC(C)(C)C#N. The summed E-state index contributed by atoms with van der Waals surface area (Å²) in [7, 11) is 0. The maximum absolute atomic E-state index is 8.95. The molecule has 0 saturated carbocycles. The molecular formula is C16H24N2. The highest BCUT2D eigenvalue weighted by Crippen LogP contribution is 2.21. The Kier molecular flexibility index (Phi) is 5.37. The summed E-state index contributed by atoms with van der Waals surface area (Å²) in [6, 6.07) is 11.2. The van der Waals surface area contributed by atoms with Crippen LogP contribution in [0.4, 0.5) is 0 Å². The van der Waals surface area contributed by atoms with Crippen molar-refractivity contribution >= 4 is 0 Å². The van der Waals surface area contributed by atoms with Gasteiger partial charge >= 0.3 is 0 Å². The van der Waals surface area contributed by atoms with Gasteiger partial charge in [-0.05, 0) is 58.2 Å². The minimum Gasteiger partial charge on any atom is -0.310 e. The fourth-order valence-electron chi connectivity index (χ4n) is 2.09. The van der Waals surface area contributed by atoms with Gasteiger partial charge in [-0.3, -0.25) is 0 Å². The van der Waals surface area contributed by atoms with Crippen LogP contribution >= 0.6 is 0 Å². The van der Waals surface area contributed by atoms with Crippen molar-refractivity contribution in [2.24, 2.45) is 5.41 Å². The van der Waals surface area contributed by atoms with E-state index in [0.717, 1.165) is 19.4 Å². The molecule has 98 valence electrons. The lowest BCUT2D eigenvalue weighted by Gasteiger charge is -2.18. The van der Waals surface area contributed by atoms with Crippen molar-refractivity contribution in [1.82, 2.24) is 5.32 Å². The Morgan fingerprint density at radius 1 is 1.33 bits per heavy atom. The van der Waals surface area contributed by atoms with E-state index in [1.807, 2.05) is 13.8 Å². The number of nitrogens with zero attached hydrogens (tertiary/aromatic N) is 1. The molecule has 0 spiro atoms. The molecular weight excluding hydrogens is 220 g/mol. The van der Waals surface area contributed by atoms with Gasteiger partial charge in [0, 0.05) is 6.04 Å². The number of nitriles is 1. The van der Waals surface area contributed by atoms with E-state index < -0.39 is 0 Å². The highest BCUT2D eigenvalue weighted by molar-refractivity contribution is 5.28. The third kappa shape index (κ3) is 4.50. The lowest BCUT2D eigenvalue weighted by atomic mass is 9.90. The Bertz CT molecular complexity index is 415. The summed E-state index contributed by atoms with van der Waals surface area (Å²) in [5.74, 6) is 0. The predicted octanol–water partition coefficient (Wildman–Crippen LogP) is 3.98. The lowest BCUT2D eigenvalue weighted by Crippen LogP contribution is -2.22. The van der Waals surface area contributed by atoms with Crippen LogP contribution in [0.25, 0.3) is 0 Å². The molecule has 1 N–H and O–H groups in total. The van der Waals surface area contributed by atoms with Crippen molar-refractivity contribution in [2.45, 2.75) is 46.6 Å². The van der Waals surface area contributed by atoms with E-state index >= 15 is 0 Å². The highest BCUT2D eigenvalue weighted by atomic mass is 14.9. The van der Waals surface area contributed by atoms with Crippen LogP contribution in [0.15, 0.2) is 24.3 Å². The fraction of sp³-hybridized carbons (Fsp3) is 0.562. The number of hydrogen-bond acceptors (Lipinski definition) is 2. The van der Waals surface area contributed by atoms with E-state index in [0.29, 0.717) is 6.04 Å². The smallest absolute Gasteiger partial charge is 0.0683 e. The van der Waals surface area contributed by atoms with E-state index in [1.165, 1.54) is 11.1 Å². The van der Waals surface area contributed by atoms with Crippen molar-refractivity contribution in [2.75, 3.05) is 6.54 Å². The van der Waals surface area contributed by atoms with Gasteiger partial charge < -0.3 is 5.32 Å². The summed E-state index contributed by atoms with van der Waals surface area (Å²) in [5.41, 5.74) is 2.49. The maximum Gasteiger partial charge on any atom is 0.0683 e. The molecule has 0 aromatic heterocycles. The van der Waals surface area contributed by atoms with Crippen LogP contribution in [0.2, 0.25) is 0 Å². The van der Waals surface area contributed by atoms with Crippen LogP contribution in [-0.4, -0.2) is 6.54 Å². The van der Waals surface area contributed by atoms with Gasteiger partial charge in [-0.1, -0.05) is 24.3 Å². The van der Waals surface area contributed by atoms with E-state index in [-0.39, 0.29) is 5.41 Å². The number of hydrogen-bond donors (Lipinski definition) is 1. The van der Waals surface area contributed by atoms with Crippen molar-refractivity contribution in [3.05, 3.63) is 35.4 Å². The highest BCUT2D eigenvalue weighted by Gasteiger charge is 2.15. The quantitative estimate of drug-likeness (QED) is 0.768. The molecule has 18 heavy (non-hydrogen) atoms. The average molecular weight is 244 g/mol. The number of nitrogens with one attached hydrogen (secondary N) is 1. The summed E-state index contributed by atoms with van der Waals surface area (Å²) in [6.07, 6.45) is 1.98. The Hall–Kier alpha value is -1.33. The van der Waals surface area contributed by atoms with Crippen molar-refractivity contribution in [3.8, 4) is 6.07 Å². The normalized spacial score (nSPS) is 13.1. The summed E-state index contributed by atoms with van der Waals surface area (Å²) in [6.45, 7) is 9.29. The summed E-state index contributed by atoms with van der Waals surface area (Å²) < 4.78 is 0. The maximum atomic E-state index is 8.95. The summed E-state index contributed by atoms with van der Waals surface area (Å²) >= 11 is 0. The minimum absolute atomic E-state index is 0.201. The van der Waals surface area contributed by atoms with Crippen molar-refractivity contribution < 1.29 is 0 Å². The number of rotatable bonds is 6. The molecule has 0 aliphatic carbocycles. The molecule has 0 amide bonds. The largest absolute Gasteiger partial charge is 0.310 e. The number of benzene rings is 1. The summed E-state index contributed by atoms with van der Waals surface area (Å²) in [5, 5.41) is 12.5. The monoisotopic (exact) mass is 244 g/mol. The summed E-state index contributed by atoms with van der Waals surface area (Å²) in [4.78, 5) is 0. The van der Waals surface area contributed by atoms with E-state index in [2.05, 4.69) is 49.5 Å². The Morgan fingerprint density at radius 2 is 2.00 bits per heavy atom. The Labute approximate surface area is 111 Å². The zero-order valence-corrected chi connectivity index (χ0v) is 12.0. The molecule has 1 atom stereocenters. The molecule has 1 aromatic carbocycles. The van der Waals surface area contributed by atoms with E-state index in [9.17, 15) is 0 Å². The second kappa shape index (κ2) is 6.56. The van der Waals surface area contributed by atoms with Crippen LogP contribution in [-0.2, 0) is 0 Å².